The maximum absolute atomic E-state index is 12.9. The highest BCUT2D eigenvalue weighted by Crippen LogP contribution is 2.30. The van der Waals surface area contributed by atoms with E-state index in [4.69, 9.17) is 0 Å². The first-order chi connectivity index (χ1) is 13.1. The van der Waals surface area contributed by atoms with Gasteiger partial charge in [0.15, 0.2) is 0 Å². The van der Waals surface area contributed by atoms with Crippen molar-refractivity contribution in [3.05, 3.63) is 52.4 Å². The Morgan fingerprint density at radius 3 is 2.43 bits per heavy atom. The second-order valence-electron chi connectivity index (χ2n) is 8.30. The van der Waals surface area contributed by atoms with Gasteiger partial charge in [-0.3, -0.25) is 4.79 Å². The van der Waals surface area contributed by atoms with E-state index in [1.807, 2.05) is 19.1 Å². The van der Waals surface area contributed by atoms with Crippen LogP contribution in [0.2, 0.25) is 0 Å². The molecule has 1 atom stereocenters. The summed E-state index contributed by atoms with van der Waals surface area (Å²) in [5, 5.41) is 2.92. The SMILES string of the molecule is Cc1ccc(S(=O)(=O)N2CCC[C@H]2C(=O)NCc2ccc(C(C)(C)C)cc2)s1. The number of nitrogens with one attached hydrogen (secondary N) is 1. The lowest BCUT2D eigenvalue weighted by Gasteiger charge is -2.23. The van der Waals surface area contributed by atoms with Crippen LogP contribution in [-0.2, 0) is 26.8 Å². The zero-order valence-electron chi connectivity index (χ0n) is 16.9. The van der Waals surface area contributed by atoms with E-state index in [9.17, 15) is 13.2 Å². The summed E-state index contributed by atoms with van der Waals surface area (Å²) in [7, 11) is -3.63. The van der Waals surface area contributed by atoms with Crippen molar-refractivity contribution in [2.75, 3.05) is 6.54 Å². The molecule has 1 saturated heterocycles. The van der Waals surface area contributed by atoms with Crippen molar-refractivity contribution < 1.29 is 13.2 Å². The standard InChI is InChI=1S/C21H28N2O3S2/c1-15-7-12-19(27-15)28(25,26)23-13-5-6-18(23)20(24)22-14-16-8-10-17(11-9-16)21(2,3)4/h7-12,18H,5-6,13-14H2,1-4H3,(H,22,24)/t18-/m0/s1. The predicted molar refractivity (Wildman–Crippen MR) is 113 cm³/mol. The van der Waals surface area contributed by atoms with Gasteiger partial charge in [0.2, 0.25) is 5.91 Å². The Bertz CT molecular complexity index is 941. The number of thiophene rings is 1. The molecule has 1 aliphatic heterocycles. The minimum atomic E-state index is -3.63. The lowest BCUT2D eigenvalue weighted by molar-refractivity contribution is -0.124. The number of hydrogen-bond acceptors (Lipinski definition) is 4. The van der Waals surface area contributed by atoms with Crippen LogP contribution in [0.1, 0.15) is 49.6 Å². The quantitative estimate of drug-likeness (QED) is 0.800. The van der Waals surface area contributed by atoms with Gasteiger partial charge in [0.1, 0.15) is 10.3 Å². The van der Waals surface area contributed by atoms with Crippen LogP contribution >= 0.6 is 11.3 Å². The summed E-state index contributed by atoms with van der Waals surface area (Å²) in [5.41, 5.74) is 2.32. The van der Waals surface area contributed by atoms with E-state index in [0.717, 1.165) is 10.4 Å². The summed E-state index contributed by atoms with van der Waals surface area (Å²) in [6, 6.07) is 11.0. The van der Waals surface area contributed by atoms with Gasteiger partial charge in [0.25, 0.3) is 10.0 Å². The molecule has 0 unspecified atom stereocenters. The molecule has 1 amide bonds. The molecule has 0 bridgehead atoms. The molecular weight excluding hydrogens is 392 g/mol. The molecule has 7 heteroatoms. The first kappa shape index (κ1) is 21.0. The number of carbonyl (C=O) groups excluding carboxylic acids is 1. The molecule has 1 aliphatic rings. The third kappa shape index (κ3) is 4.47. The summed E-state index contributed by atoms with van der Waals surface area (Å²) >= 11 is 1.25. The van der Waals surface area contributed by atoms with Gasteiger partial charge in [-0.15, -0.1) is 11.3 Å². The summed E-state index contributed by atoms with van der Waals surface area (Å²) in [4.78, 5) is 13.7. The van der Waals surface area contributed by atoms with Crippen LogP contribution in [0.3, 0.4) is 0 Å². The maximum Gasteiger partial charge on any atom is 0.253 e. The molecule has 0 spiro atoms. The molecule has 28 heavy (non-hydrogen) atoms. The third-order valence-corrected chi connectivity index (χ3v) is 8.45. The lowest BCUT2D eigenvalue weighted by atomic mass is 9.87. The fourth-order valence-corrected chi connectivity index (χ4v) is 6.45. The fraction of sp³-hybridized carbons (Fsp3) is 0.476. The molecular formula is C21H28N2O3S2. The van der Waals surface area contributed by atoms with Gasteiger partial charge in [0.05, 0.1) is 0 Å². The topological polar surface area (TPSA) is 66.5 Å². The average molecular weight is 421 g/mol. The van der Waals surface area contributed by atoms with Crippen LogP contribution in [-0.4, -0.2) is 31.2 Å². The minimum Gasteiger partial charge on any atom is -0.351 e. The highest BCUT2D eigenvalue weighted by molar-refractivity contribution is 7.91. The van der Waals surface area contributed by atoms with Crippen LogP contribution in [0.25, 0.3) is 0 Å². The number of sulfonamides is 1. The zero-order valence-corrected chi connectivity index (χ0v) is 18.5. The first-order valence-electron chi connectivity index (χ1n) is 9.54. The lowest BCUT2D eigenvalue weighted by Crippen LogP contribution is -2.45. The first-order valence-corrected chi connectivity index (χ1v) is 11.8. The third-order valence-electron chi connectivity index (χ3n) is 5.07. The molecule has 0 radical (unpaired) electrons. The highest BCUT2D eigenvalue weighted by atomic mass is 32.2. The van der Waals surface area contributed by atoms with Gasteiger partial charge in [-0.1, -0.05) is 45.0 Å². The molecule has 152 valence electrons. The number of amides is 1. The number of aryl methyl sites for hydroxylation is 1. The van der Waals surface area contributed by atoms with Crippen LogP contribution in [0, 0.1) is 6.92 Å². The van der Waals surface area contributed by atoms with Gasteiger partial charge in [-0.05, 0) is 48.4 Å². The number of benzene rings is 1. The smallest absolute Gasteiger partial charge is 0.253 e. The van der Waals surface area contributed by atoms with Crippen LogP contribution in [0.4, 0.5) is 0 Å². The van der Waals surface area contributed by atoms with Gasteiger partial charge >= 0.3 is 0 Å². The molecule has 0 aliphatic carbocycles. The van der Waals surface area contributed by atoms with E-state index in [2.05, 4.69) is 38.2 Å². The summed E-state index contributed by atoms with van der Waals surface area (Å²) in [6.07, 6.45) is 1.25. The summed E-state index contributed by atoms with van der Waals surface area (Å²) in [6.45, 7) is 9.14. The summed E-state index contributed by atoms with van der Waals surface area (Å²) < 4.78 is 27.5. The normalized spacial score (nSPS) is 18.4. The molecule has 2 aromatic rings. The number of carbonyl (C=O) groups is 1. The van der Waals surface area contributed by atoms with Crippen molar-refractivity contribution in [1.29, 1.82) is 0 Å². The largest absolute Gasteiger partial charge is 0.351 e. The van der Waals surface area contributed by atoms with Crippen molar-refractivity contribution in [2.45, 2.75) is 62.7 Å². The van der Waals surface area contributed by atoms with Gasteiger partial charge in [-0.25, -0.2) is 8.42 Å². The van der Waals surface area contributed by atoms with Gasteiger partial charge in [0, 0.05) is 18.0 Å². The van der Waals surface area contributed by atoms with Crippen LogP contribution < -0.4 is 5.32 Å². The van der Waals surface area contributed by atoms with Crippen molar-refractivity contribution >= 4 is 27.3 Å². The van der Waals surface area contributed by atoms with Crippen molar-refractivity contribution in [2.24, 2.45) is 0 Å². The molecule has 0 saturated carbocycles. The van der Waals surface area contributed by atoms with E-state index in [-0.39, 0.29) is 11.3 Å². The van der Waals surface area contributed by atoms with E-state index in [0.29, 0.717) is 30.1 Å². The Hall–Kier alpha value is -1.70. The van der Waals surface area contributed by atoms with E-state index < -0.39 is 16.1 Å². The van der Waals surface area contributed by atoms with Crippen LogP contribution in [0.15, 0.2) is 40.6 Å². The van der Waals surface area contributed by atoms with Gasteiger partial charge in [-0.2, -0.15) is 4.31 Å². The molecule has 1 aromatic carbocycles. The summed E-state index contributed by atoms with van der Waals surface area (Å²) in [5.74, 6) is -0.228. The minimum absolute atomic E-state index is 0.0840. The Morgan fingerprint density at radius 1 is 1.18 bits per heavy atom. The Kier molecular flexibility index (Phi) is 5.98. The van der Waals surface area contributed by atoms with E-state index >= 15 is 0 Å². The predicted octanol–water partition coefficient (Wildman–Crippen LogP) is 3.82. The Labute approximate surface area is 171 Å². The number of rotatable bonds is 5. The second-order valence-corrected chi connectivity index (χ2v) is 11.7. The Balaban J connectivity index is 1.67. The van der Waals surface area contributed by atoms with Crippen molar-refractivity contribution in [3.63, 3.8) is 0 Å². The Morgan fingerprint density at radius 2 is 1.86 bits per heavy atom. The molecule has 3 rings (SSSR count). The van der Waals surface area contributed by atoms with E-state index in [1.165, 1.54) is 21.2 Å². The fourth-order valence-electron chi connectivity index (χ4n) is 3.39. The molecule has 1 N–H and O–H groups in total. The number of nitrogens with zero attached hydrogens (tertiary/aromatic N) is 1. The average Bonchev–Trinajstić information content (AvgIpc) is 3.29. The molecule has 2 heterocycles. The van der Waals surface area contributed by atoms with E-state index in [1.54, 1.807) is 12.1 Å². The second kappa shape index (κ2) is 7.97. The highest BCUT2D eigenvalue weighted by Gasteiger charge is 2.39. The van der Waals surface area contributed by atoms with Crippen molar-refractivity contribution in [1.82, 2.24) is 9.62 Å². The molecule has 5 nitrogen and oxygen atoms in total. The van der Waals surface area contributed by atoms with Crippen LogP contribution in [0.5, 0.6) is 0 Å². The molecule has 1 fully saturated rings. The maximum atomic E-state index is 12.9. The zero-order chi connectivity index (χ0) is 20.5. The number of hydrogen-bond donors (Lipinski definition) is 1. The molecule has 1 aromatic heterocycles. The monoisotopic (exact) mass is 420 g/mol. The van der Waals surface area contributed by atoms with Crippen molar-refractivity contribution in [3.8, 4) is 0 Å². The van der Waals surface area contributed by atoms with Gasteiger partial charge < -0.3 is 5.32 Å².